The van der Waals surface area contributed by atoms with E-state index in [1.54, 1.807) is 16.4 Å². The summed E-state index contributed by atoms with van der Waals surface area (Å²) < 4.78 is 26.3. The molecule has 1 atom stereocenters. The van der Waals surface area contributed by atoms with E-state index in [4.69, 9.17) is 5.26 Å². The van der Waals surface area contributed by atoms with Crippen LogP contribution in [0.2, 0.25) is 0 Å². The van der Waals surface area contributed by atoms with Gasteiger partial charge in [-0.3, -0.25) is 0 Å². The predicted octanol–water partition coefficient (Wildman–Crippen LogP) is 1.98. The average molecular weight is 264 g/mol. The SMILES string of the molecule is CC1CCCN(S(=O)(=O)c2ccc(C#N)cc2)C1. The Morgan fingerprint density at radius 3 is 2.56 bits per heavy atom. The fourth-order valence-electron chi connectivity index (χ4n) is 2.22. The fraction of sp³-hybridized carbons (Fsp3) is 0.462. The number of rotatable bonds is 2. The van der Waals surface area contributed by atoms with Crippen LogP contribution in [0.25, 0.3) is 0 Å². The van der Waals surface area contributed by atoms with E-state index in [9.17, 15) is 8.42 Å². The molecular weight excluding hydrogens is 248 g/mol. The second kappa shape index (κ2) is 5.09. The van der Waals surface area contributed by atoms with E-state index in [-0.39, 0.29) is 4.90 Å². The summed E-state index contributed by atoms with van der Waals surface area (Å²) in [5.74, 6) is 0.409. The lowest BCUT2D eigenvalue weighted by Crippen LogP contribution is -2.39. The van der Waals surface area contributed by atoms with E-state index in [1.165, 1.54) is 12.1 Å². The highest BCUT2D eigenvalue weighted by Crippen LogP contribution is 2.23. The molecule has 1 fully saturated rings. The molecule has 1 unspecified atom stereocenters. The minimum Gasteiger partial charge on any atom is -0.207 e. The van der Waals surface area contributed by atoms with E-state index in [1.807, 2.05) is 6.07 Å². The van der Waals surface area contributed by atoms with Gasteiger partial charge in [0, 0.05) is 13.1 Å². The molecule has 0 radical (unpaired) electrons. The van der Waals surface area contributed by atoms with E-state index >= 15 is 0 Å². The van der Waals surface area contributed by atoms with Crippen LogP contribution >= 0.6 is 0 Å². The normalized spacial score (nSPS) is 21.4. The van der Waals surface area contributed by atoms with Crippen molar-refractivity contribution in [3.05, 3.63) is 29.8 Å². The third-order valence-corrected chi connectivity index (χ3v) is 5.12. The summed E-state index contributed by atoms with van der Waals surface area (Å²) in [4.78, 5) is 0.274. The Labute approximate surface area is 108 Å². The van der Waals surface area contributed by atoms with Gasteiger partial charge in [0.15, 0.2) is 0 Å². The van der Waals surface area contributed by atoms with Crippen LogP contribution in [0.5, 0.6) is 0 Å². The molecule has 1 aliphatic rings. The van der Waals surface area contributed by atoms with Crippen molar-refractivity contribution in [3.63, 3.8) is 0 Å². The maximum atomic E-state index is 12.4. The van der Waals surface area contributed by atoms with Gasteiger partial charge in [0.2, 0.25) is 10.0 Å². The number of nitriles is 1. The molecular formula is C13H16N2O2S. The van der Waals surface area contributed by atoms with Gasteiger partial charge in [-0.25, -0.2) is 8.42 Å². The number of nitrogens with zero attached hydrogens (tertiary/aromatic N) is 2. The van der Waals surface area contributed by atoms with Gasteiger partial charge in [0.1, 0.15) is 0 Å². The first-order valence-electron chi connectivity index (χ1n) is 6.04. The molecule has 0 N–H and O–H groups in total. The van der Waals surface area contributed by atoms with E-state index < -0.39 is 10.0 Å². The highest BCUT2D eigenvalue weighted by molar-refractivity contribution is 7.89. The van der Waals surface area contributed by atoms with Gasteiger partial charge in [0.25, 0.3) is 0 Å². The van der Waals surface area contributed by atoms with Gasteiger partial charge < -0.3 is 0 Å². The zero-order valence-electron chi connectivity index (χ0n) is 10.3. The number of hydrogen-bond donors (Lipinski definition) is 0. The van der Waals surface area contributed by atoms with Gasteiger partial charge in [-0.1, -0.05) is 6.92 Å². The highest BCUT2D eigenvalue weighted by Gasteiger charge is 2.28. The lowest BCUT2D eigenvalue weighted by atomic mass is 10.0. The van der Waals surface area contributed by atoms with E-state index in [2.05, 4.69) is 6.92 Å². The molecule has 0 saturated carbocycles. The molecule has 96 valence electrons. The Kier molecular flexibility index (Phi) is 3.69. The molecule has 1 heterocycles. The number of piperidine rings is 1. The lowest BCUT2D eigenvalue weighted by molar-refractivity contribution is 0.281. The number of benzene rings is 1. The summed E-state index contributed by atoms with van der Waals surface area (Å²) in [6, 6.07) is 8.08. The molecule has 0 bridgehead atoms. The van der Waals surface area contributed by atoms with Gasteiger partial charge in [0.05, 0.1) is 16.5 Å². The zero-order valence-corrected chi connectivity index (χ0v) is 11.2. The second-order valence-electron chi connectivity index (χ2n) is 4.75. The van der Waals surface area contributed by atoms with Crippen molar-refractivity contribution >= 4 is 10.0 Å². The third-order valence-electron chi connectivity index (χ3n) is 3.24. The van der Waals surface area contributed by atoms with Crippen molar-refractivity contribution in [1.82, 2.24) is 4.31 Å². The van der Waals surface area contributed by atoms with E-state index in [0.717, 1.165) is 12.8 Å². The molecule has 1 aliphatic heterocycles. The van der Waals surface area contributed by atoms with Crippen LogP contribution in [0.3, 0.4) is 0 Å². The summed E-state index contributed by atoms with van der Waals surface area (Å²) in [6.07, 6.45) is 2.00. The van der Waals surface area contributed by atoms with Crippen molar-refractivity contribution in [1.29, 1.82) is 5.26 Å². The third kappa shape index (κ3) is 2.55. The molecule has 1 aromatic rings. The summed E-state index contributed by atoms with van der Waals surface area (Å²) in [5, 5.41) is 8.70. The number of sulfonamides is 1. The summed E-state index contributed by atoms with van der Waals surface area (Å²) in [7, 11) is -3.40. The maximum absolute atomic E-state index is 12.4. The molecule has 4 nitrogen and oxygen atoms in total. The quantitative estimate of drug-likeness (QED) is 0.820. The number of hydrogen-bond acceptors (Lipinski definition) is 3. The van der Waals surface area contributed by atoms with Gasteiger partial charge in [-0.05, 0) is 43.0 Å². The van der Waals surface area contributed by atoms with Crippen LogP contribution in [-0.4, -0.2) is 25.8 Å². The lowest BCUT2D eigenvalue weighted by Gasteiger charge is -2.30. The standard InChI is InChI=1S/C13H16N2O2S/c1-11-3-2-8-15(10-11)18(16,17)13-6-4-12(9-14)5-7-13/h4-7,11H,2-3,8,10H2,1H3. The van der Waals surface area contributed by atoms with Crippen LogP contribution in [0.1, 0.15) is 25.3 Å². The Hall–Kier alpha value is -1.38. The van der Waals surface area contributed by atoms with Crippen LogP contribution in [-0.2, 0) is 10.0 Å². The fourth-order valence-corrected chi connectivity index (χ4v) is 3.81. The topological polar surface area (TPSA) is 61.2 Å². The minimum atomic E-state index is -3.40. The van der Waals surface area contributed by atoms with Crippen LogP contribution in [0.4, 0.5) is 0 Å². The van der Waals surface area contributed by atoms with Gasteiger partial charge in [-0.15, -0.1) is 0 Å². The molecule has 5 heteroatoms. The first-order chi connectivity index (χ1) is 8.54. The van der Waals surface area contributed by atoms with Crippen molar-refractivity contribution in [3.8, 4) is 6.07 Å². The molecule has 0 amide bonds. The minimum absolute atomic E-state index is 0.274. The average Bonchev–Trinajstić information content (AvgIpc) is 2.39. The summed E-state index contributed by atoms with van der Waals surface area (Å²) in [6.45, 7) is 3.25. The monoisotopic (exact) mass is 264 g/mol. The first-order valence-corrected chi connectivity index (χ1v) is 7.48. The maximum Gasteiger partial charge on any atom is 0.243 e. The zero-order chi connectivity index (χ0) is 13.2. The molecule has 0 aromatic heterocycles. The predicted molar refractivity (Wildman–Crippen MR) is 68.3 cm³/mol. The van der Waals surface area contributed by atoms with Crippen LogP contribution in [0, 0.1) is 17.2 Å². The van der Waals surface area contributed by atoms with Gasteiger partial charge in [-0.2, -0.15) is 9.57 Å². The molecule has 18 heavy (non-hydrogen) atoms. The first kappa shape index (κ1) is 13.1. The second-order valence-corrected chi connectivity index (χ2v) is 6.68. The van der Waals surface area contributed by atoms with Crippen molar-refractivity contribution in [2.45, 2.75) is 24.7 Å². The van der Waals surface area contributed by atoms with Crippen LogP contribution < -0.4 is 0 Å². The molecule has 0 spiro atoms. The molecule has 2 rings (SSSR count). The van der Waals surface area contributed by atoms with Crippen molar-refractivity contribution in [2.24, 2.45) is 5.92 Å². The smallest absolute Gasteiger partial charge is 0.207 e. The van der Waals surface area contributed by atoms with Crippen molar-refractivity contribution < 1.29 is 8.42 Å². The van der Waals surface area contributed by atoms with Crippen LogP contribution in [0.15, 0.2) is 29.2 Å². The Morgan fingerprint density at radius 1 is 1.33 bits per heavy atom. The van der Waals surface area contributed by atoms with Gasteiger partial charge >= 0.3 is 0 Å². The summed E-state index contributed by atoms with van der Waals surface area (Å²) in [5.41, 5.74) is 0.473. The highest BCUT2D eigenvalue weighted by atomic mass is 32.2. The largest absolute Gasteiger partial charge is 0.243 e. The molecule has 1 aromatic carbocycles. The Morgan fingerprint density at radius 2 is 2.00 bits per heavy atom. The molecule has 1 saturated heterocycles. The molecule has 0 aliphatic carbocycles. The van der Waals surface area contributed by atoms with E-state index in [0.29, 0.717) is 24.6 Å². The Bertz CT molecular complexity index is 558. The summed E-state index contributed by atoms with van der Waals surface area (Å²) >= 11 is 0. The Balaban J connectivity index is 2.27. The van der Waals surface area contributed by atoms with Crippen molar-refractivity contribution in [2.75, 3.05) is 13.1 Å².